The molecule has 0 atom stereocenters. The second-order valence-electron chi connectivity index (χ2n) is 3.67. The Hall–Kier alpha value is -0.450. The van der Waals surface area contributed by atoms with Gasteiger partial charge in [-0.1, -0.05) is 0 Å². The number of nitrogens with zero attached hydrogens (tertiary/aromatic N) is 3. The molecule has 0 fully saturated rings. The van der Waals surface area contributed by atoms with Crippen LogP contribution in [0.25, 0.3) is 0 Å². The molecule has 0 radical (unpaired) electrons. The SMILES string of the molecule is C=NCCOCCN(C)CCN(C)C. The summed E-state index contributed by atoms with van der Waals surface area (Å²) in [5.74, 6) is 0. The molecule has 0 bridgehead atoms. The van der Waals surface area contributed by atoms with Gasteiger partial charge in [-0.3, -0.25) is 4.99 Å². The first kappa shape index (κ1) is 13.5. The number of aliphatic imine (C=N–C) groups is 1. The highest BCUT2D eigenvalue weighted by molar-refractivity contribution is 5.22. The molecule has 4 heteroatoms. The molecule has 0 saturated carbocycles. The average molecular weight is 201 g/mol. The minimum Gasteiger partial charge on any atom is -0.378 e. The first-order chi connectivity index (χ1) is 6.66. The van der Waals surface area contributed by atoms with Crippen molar-refractivity contribution in [2.45, 2.75) is 0 Å². The van der Waals surface area contributed by atoms with Crippen LogP contribution in [0.5, 0.6) is 0 Å². The maximum atomic E-state index is 5.36. The fourth-order valence-corrected chi connectivity index (χ4v) is 0.934. The zero-order valence-electron chi connectivity index (χ0n) is 9.70. The average Bonchev–Trinajstić information content (AvgIpc) is 2.14. The van der Waals surface area contributed by atoms with Crippen LogP contribution >= 0.6 is 0 Å². The summed E-state index contributed by atoms with van der Waals surface area (Å²) in [6.45, 7) is 8.70. The Morgan fingerprint density at radius 2 is 1.79 bits per heavy atom. The lowest BCUT2D eigenvalue weighted by Gasteiger charge is -2.18. The molecular weight excluding hydrogens is 178 g/mol. The van der Waals surface area contributed by atoms with Gasteiger partial charge >= 0.3 is 0 Å². The van der Waals surface area contributed by atoms with Gasteiger partial charge in [-0.15, -0.1) is 0 Å². The Kier molecular flexibility index (Phi) is 8.83. The minimum atomic E-state index is 0.686. The van der Waals surface area contributed by atoms with Crippen LogP contribution in [0.1, 0.15) is 0 Å². The molecule has 0 aromatic heterocycles. The van der Waals surface area contributed by atoms with Gasteiger partial charge in [-0.05, 0) is 27.9 Å². The lowest BCUT2D eigenvalue weighted by atomic mass is 10.5. The van der Waals surface area contributed by atoms with Crippen LogP contribution in [-0.2, 0) is 4.74 Å². The van der Waals surface area contributed by atoms with Gasteiger partial charge in [0.25, 0.3) is 0 Å². The van der Waals surface area contributed by atoms with Gasteiger partial charge in [0.05, 0.1) is 19.8 Å². The zero-order chi connectivity index (χ0) is 10.8. The highest BCUT2D eigenvalue weighted by Crippen LogP contribution is 1.85. The molecule has 0 N–H and O–H groups in total. The summed E-state index contributed by atoms with van der Waals surface area (Å²) in [6.07, 6.45) is 0. The van der Waals surface area contributed by atoms with E-state index in [1.54, 1.807) is 0 Å². The van der Waals surface area contributed by atoms with E-state index >= 15 is 0 Å². The molecule has 0 heterocycles. The molecule has 84 valence electrons. The van der Waals surface area contributed by atoms with E-state index in [0.29, 0.717) is 13.2 Å². The summed E-state index contributed by atoms with van der Waals surface area (Å²) in [7, 11) is 6.28. The first-order valence-electron chi connectivity index (χ1n) is 5.00. The zero-order valence-corrected chi connectivity index (χ0v) is 9.70. The van der Waals surface area contributed by atoms with Crippen molar-refractivity contribution >= 4 is 6.72 Å². The van der Waals surface area contributed by atoms with Gasteiger partial charge in [0.2, 0.25) is 0 Å². The van der Waals surface area contributed by atoms with E-state index in [9.17, 15) is 0 Å². The van der Waals surface area contributed by atoms with Crippen LogP contribution < -0.4 is 0 Å². The number of ether oxygens (including phenoxy) is 1. The smallest absolute Gasteiger partial charge is 0.0662 e. The molecule has 0 unspecified atom stereocenters. The summed E-state index contributed by atoms with van der Waals surface area (Å²) in [4.78, 5) is 8.16. The summed E-state index contributed by atoms with van der Waals surface area (Å²) < 4.78 is 5.36. The molecule has 0 aromatic carbocycles. The van der Waals surface area contributed by atoms with Crippen LogP contribution in [-0.4, -0.2) is 77.1 Å². The summed E-state index contributed by atoms with van der Waals surface area (Å²) in [5.41, 5.74) is 0. The monoisotopic (exact) mass is 201 g/mol. The van der Waals surface area contributed by atoms with E-state index < -0.39 is 0 Å². The number of hydrogen-bond donors (Lipinski definition) is 0. The molecule has 14 heavy (non-hydrogen) atoms. The topological polar surface area (TPSA) is 28.1 Å². The van der Waals surface area contributed by atoms with Gasteiger partial charge < -0.3 is 14.5 Å². The van der Waals surface area contributed by atoms with Crippen molar-refractivity contribution in [2.75, 3.05) is 60.5 Å². The van der Waals surface area contributed by atoms with Gasteiger partial charge in [0.15, 0.2) is 0 Å². The van der Waals surface area contributed by atoms with E-state index in [2.05, 4.69) is 42.7 Å². The maximum absolute atomic E-state index is 5.36. The Balaban J connectivity index is 3.17. The normalized spacial score (nSPS) is 11.2. The standard InChI is InChI=1S/C10H23N3O/c1-11-5-9-14-10-8-13(4)7-6-12(2)3/h1,5-10H2,2-4H3. The Morgan fingerprint density at radius 1 is 1.07 bits per heavy atom. The Labute approximate surface area is 87.6 Å². The van der Waals surface area contributed by atoms with Crippen LogP contribution in [0.3, 0.4) is 0 Å². The van der Waals surface area contributed by atoms with E-state index in [1.807, 2.05) is 0 Å². The number of rotatable bonds is 9. The maximum Gasteiger partial charge on any atom is 0.0662 e. The lowest BCUT2D eigenvalue weighted by molar-refractivity contribution is 0.115. The van der Waals surface area contributed by atoms with E-state index in [0.717, 1.165) is 26.2 Å². The Morgan fingerprint density at radius 3 is 2.36 bits per heavy atom. The van der Waals surface area contributed by atoms with E-state index in [-0.39, 0.29) is 0 Å². The van der Waals surface area contributed by atoms with Crippen molar-refractivity contribution in [2.24, 2.45) is 4.99 Å². The summed E-state index contributed by atoms with van der Waals surface area (Å²) >= 11 is 0. The Bertz CT molecular complexity index is 139. The van der Waals surface area contributed by atoms with Crippen LogP contribution in [0.4, 0.5) is 0 Å². The largest absolute Gasteiger partial charge is 0.378 e. The van der Waals surface area contributed by atoms with Crippen LogP contribution in [0.2, 0.25) is 0 Å². The molecule has 0 aliphatic carbocycles. The molecule has 0 rings (SSSR count). The predicted octanol–water partition coefficient (Wildman–Crippen LogP) is 0.197. The third-order valence-corrected chi connectivity index (χ3v) is 1.94. The van der Waals surface area contributed by atoms with Gasteiger partial charge in [0, 0.05) is 19.6 Å². The minimum absolute atomic E-state index is 0.686. The van der Waals surface area contributed by atoms with Gasteiger partial charge in [0.1, 0.15) is 0 Å². The highest BCUT2D eigenvalue weighted by atomic mass is 16.5. The summed E-state index contributed by atoms with van der Waals surface area (Å²) in [6, 6.07) is 0. The number of hydrogen-bond acceptors (Lipinski definition) is 4. The molecule has 4 nitrogen and oxygen atoms in total. The fraction of sp³-hybridized carbons (Fsp3) is 0.900. The molecule has 0 aliphatic heterocycles. The predicted molar refractivity (Wildman–Crippen MR) is 61.3 cm³/mol. The van der Waals surface area contributed by atoms with E-state index in [1.165, 1.54) is 0 Å². The highest BCUT2D eigenvalue weighted by Gasteiger charge is 1.98. The van der Waals surface area contributed by atoms with Crippen LogP contribution in [0, 0.1) is 0 Å². The van der Waals surface area contributed by atoms with Crippen molar-refractivity contribution in [1.29, 1.82) is 0 Å². The van der Waals surface area contributed by atoms with Crippen molar-refractivity contribution in [3.05, 3.63) is 0 Å². The second kappa shape index (κ2) is 9.12. The molecule has 0 aromatic rings. The third-order valence-electron chi connectivity index (χ3n) is 1.94. The quantitative estimate of drug-likeness (QED) is 0.394. The van der Waals surface area contributed by atoms with Crippen LogP contribution in [0.15, 0.2) is 4.99 Å². The van der Waals surface area contributed by atoms with E-state index in [4.69, 9.17) is 4.74 Å². The second-order valence-corrected chi connectivity index (χ2v) is 3.67. The van der Waals surface area contributed by atoms with Crippen molar-refractivity contribution < 1.29 is 4.74 Å². The molecule has 0 amide bonds. The molecule has 0 saturated heterocycles. The van der Waals surface area contributed by atoms with Gasteiger partial charge in [-0.2, -0.15) is 0 Å². The molecule has 0 aliphatic rings. The van der Waals surface area contributed by atoms with Crippen molar-refractivity contribution in [3.8, 4) is 0 Å². The van der Waals surface area contributed by atoms with Crippen molar-refractivity contribution in [1.82, 2.24) is 9.80 Å². The molecular formula is C10H23N3O. The number of likely N-dealkylation sites (N-methyl/N-ethyl adjacent to an activating group) is 2. The summed E-state index contributed by atoms with van der Waals surface area (Å²) in [5, 5.41) is 0. The van der Waals surface area contributed by atoms with Gasteiger partial charge in [-0.25, -0.2) is 0 Å². The first-order valence-corrected chi connectivity index (χ1v) is 5.00. The van der Waals surface area contributed by atoms with Crippen molar-refractivity contribution in [3.63, 3.8) is 0 Å². The third kappa shape index (κ3) is 9.64. The fourth-order valence-electron chi connectivity index (χ4n) is 0.934. The molecule has 0 spiro atoms. The lowest BCUT2D eigenvalue weighted by Crippen LogP contribution is -2.31.